The Balaban J connectivity index is 1.43. The summed E-state index contributed by atoms with van der Waals surface area (Å²) >= 11 is 0. The van der Waals surface area contributed by atoms with Crippen molar-refractivity contribution in [3.05, 3.63) is 36.0 Å². The maximum Gasteiger partial charge on any atom is 0.320 e. The van der Waals surface area contributed by atoms with Gasteiger partial charge in [0, 0.05) is 96.0 Å². The molecule has 0 bridgehead atoms. The van der Waals surface area contributed by atoms with Crippen LogP contribution in [0.25, 0.3) is 10.9 Å². The monoisotopic (exact) mass is 923 g/mol. The first kappa shape index (κ1) is 53.8. The van der Waals surface area contributed by atoms with Gasteiger partial charge in [-0.25, -0.2) is 0 Å². The number of anilines is 1. The normalized spacial score (nSPS) is 17.9. The molecule has 1 radical (unpaired) electrons. The van der Waals surface area contributed by atoms with E-state index < -0.39 is 15.1 Å². The van der Waals surface area contributed by atoms with Gasteiger partial charge in [-0.05, 0) is 69.8 Å². The molecule has 65 heavy (non-hydrogen) atoms. The lowest BCUT2D eigenvalue weighted by Gasteiger charge is -2.37. The van der Waals surface area contributed by atoms with Gasteiger partial charge in [0.2, 0.25) is 14.9 Å². The zero-order valence-corrected chi connectivity index (χ0v) is 42.2. The van der Waals surface area contributed by atoms with Crippen molar-refractivity contribution in [1.82, 2.24) is 29.5 Å². The molecule has 1 aromatic heterocycles. The van der Waals surface area contributed by atoms with Crippen LogP contribution in [-0.2, 0) is 37.9 Å². The number of carbonyl (C=O) groups excluding carboxylic acids is 5. The van der Waals surface area contributed by atoms with E-state index in [0.29, 0.717) is 98.2 Å². The van der Waals surface area contributed by atoms with Crippen LogP contribution in [0.1, 0.15) is 98.8 Å². The number of Topliss-reactive ketones (excluding diaryl/α,β-unsaturated/α-hetero) is 2. The van der Waals surface area contributed by atoms with Crippen molar-refractivity contribution in [2.24, 2.45) is 5.41 Å². The number of rotatable bonds is 21. The molecule has 1 amide bonds. The molecule has 4 rings (SSSR count). The number of ketones is 2. The minimum atomic E-state index is -0.940. The van der Waals surface area contributed by atoms with E-state index in [1.807, 2.05) is 28.5 Å². The molecule has 2 fully saturated rings. The number of hydrogen-bond donors (Lipinski definition) is 0. The summed E-state index contributed by atoms with van der Waals surface area (Å²) in [5.74, 6) is -0.563. The van der Waals surface area contributed by atoms with E-state index >= 15 is 0 Å². The quantitative estimate of drug-likeness (QED) is 0.0886. The van der Waals surface area contributed by atoms with Crippen LogP contribution in [0.4, 0.5) is 5.69 Å². The van der Waals surface area contributed by atoms with E-state index in [9.17, 15) is 24.0 Å². The molecule has 2 unspecified atom stereocenters. The fraction of sp³-hybridized carbons (Fsp3) is 0.714. The molecule has 16 heteroatoms. The number of hydrogen-bond acceptors (Lipinski definition) is 14. The van der Waals surface area contributed by atoms with Crippen molar-refractivity contribution < 1.29 is 37.9 Å². The van der Waals surface area contributed by atoms with Crippen LogP contribution in [0.2, 0.25) is 13.1 Å². The van der Waals surface area contributed by atoms with E-state index in [4.69, 9.17) is 18.9 Å². The van der Waals surface area contributed by atoms with Gasteiger partial charge in [0.25, 0.3) is 0 Å². The third-order valence-corrected chi connectivity index (χ3v) is 12.9. The lowest BCUT2D eigenvalue weighted by atomic mass is 9.87. The predicted octanol–water partition coefficient (Wildman–Crippen LogP) is 5.47. The summed E-state index contributed by atoms with van der Waals surface area (Å²) in [7, 11) is -0.940. The number of fused-ring (bicyclic) bond motifs is 1. The molecule has 0 spiro atoms. The Morgan fingerprint density at radius 1 is 0.708 bits per heavy atom. The van der Waals surface area contributed by atoms with Gasteiger partial charge in [-0.1, -0.05) is 59.6 Å². The van der Waals surface area contributed by atoms with Crippen molar-refractivity contribution in [3.8, 4) is 0 Å². The van der Waals surface area contributed by atoms with Crippen LogP contribution in [0.15, 0.2) is 30.3 Å². The second kappa shape index (κ2) is 27.1. The van der Waals surface area contributed by atoms with Crippen molar-refractivity contribution in [2.75, 3.05) is 116 Å². The lowest BCUT2D eigenvalue weighted by molar-refractivity contribution is -0.147. The van der Waals surface area contributed by atoms with Crippen molar-refractivity contribution in [3.63, 3.8) is 0 Å². The number of carbonyl (C=O) groups is 5. The highest BCUT2D eigenvalue weighted by Crippen LogP contribution is 2.36. The topological polar surface area (TPSA) is 145 Å². The minimum absolute atomic E-state index is 0.0229. The van der Waals surface area contributed by atoms with E-state index in [1.165, 1.54) is 0 Å². The SMILES string of the molecule is CCCCOC(=O)CN1CCN(CC(C)=O)CCN(C(CCC(=O)N2CCN(c3ccc4ccc(C(O[Si](C)C)C(C)(C)C)nc4c3)CC2)C(C)=O)CCN(CC(=O)OCCCC)CC1. The molecule has 0 aliphatic carbocycles. The minimum Gasteiger partial charge on any atom is -0.465 e. The predicted molar refractivity (Wildman–Crippen MR) is 258 cm³/mol. The summed E-state index contributed by atoms with van der Waals surface area (Å²) in [5.41, 5.74) is 2.84. The van der Waals surface area contributed by atoms with Crippen molar-refractivity contribution in [1.29, 1.82) is 0 Å². The summed E-state index contributed by atoms with van der Waals surface area (Å²) in [6.07, 6.45) is 3.93. The summed E-state index contributed by atoms with van der Waals surface area (Å²) in [6.45, 7) is 25.8. The van der Waals surface area contributed by atoms with Gasteiger partial charge in [-0.3, -0.25) is 48.6 Å². The first-order chi connectivity index (χ1) is 31.0. The standard InChI is InChI=1S/C49H80N7O8Si/c1-10-12-32-62-46(60)36-52-21-20-51(35-38(3)57)24-26-55(27-25-53(23-22-52)37-47(61)63-33-13-11-2)44(39(4)58)18-19-45(59)56-30-28-54(29-31-56)41-16-14-40-15-17-42(50-43(40)34-41)48(49(5,6)7)64-65(8)9/h14-17,34,44,48H,10-13,18-33,35-37H2,1-9H3. The number of piperazine rings is 1. The van der Waals surface area contributed by atoms with Gasteiger partial charge in [0.15, 0.2) is 0 Å². The van der Waals surface area contributed by atoms with Gasteiger partial charge < -0.3 is 23.7 Å². The second-order valence-corrected chi connectivity index (χ2v) is 21.2. The highest BCUT2D eigenvalue weighted by molar-refractivity contribution is 6.48. The lowest BCUT2D eigenvalue weighted by Crippen LogP contribution is -2.52. The number of ether oxygens (including phenoxy) is 2. The van der Waals surface area contributed by atoms with Crippen LogP contribution in [0.5, 0.6) is 0 Å². The van der Waals surface area contributed by atoms with E-state index in [2.05, 4.69) is 78.9 Å². The van der Waals surface area contributed by atoms with Gasteiger partial charge >= 0.3 is 11.9 Å². The summed E-state index contributed by atoms with van der Waals surface area (Å²) in [4.78, 5) is 83.1. The van der Waals surface area contributed by atoms with Crippen LogP contribution < -0.4 is 4.90 Å². The molecule has 0 saturated carbocycles. The third kappa shape index (κ3) is 18.4. The Morgan fingerprint density at radius 2 is 1.23 bits per heavy atom. The van der Waals surface area contributed by atoms with E-state index in [0.717, 1.165) is 48.0 Å². The summed E-state index contributed by atoms with van der Waals surface area (Å²) in [6, 6.07) is 10.1. The Hall–Kier alpha value is -3.80. The average Bonchev–Trinajstić information content (AvgIpc) is 3.25. The molecule has 1 aromatic carbocycles. The number of aromatic nitrogens is 1. The Bertz CT molecular complexity index is 1840. The van der Waals surface area contributed by atoms with Crippen molar-refractivity contribution >= 4 is 55.0 Å². The highest BCUT2D eigenvalue weighted by Gasteiger charge is 2.31. The van der Waals surface area contributed by atoms with Crippen LogP contribution in [0, 0.1) is 5.41 Å². The molecule has 2 aliphatic rings. The van der Waals surface area contributed by atoms with Gasteiger partial charge in [0.05, 0.1) is 56.2 Å². The first-order valence-corrected chi connectivity index (χ1v) is 26.5. The van der Waals surface area contributed by atoms with Crippen LogP contribution in [0.3, 0.4) is 0 Å². The number of nitrogens with zero attached hydrogens (tertiary/aromatic N) is 7. The van der Waals surface area contributed by atoms with Crippen LogP contribution >= 0.6 is 0 Å². The molecule has 2 saturated heterocycles. The third-order valence-electron chi connectivity index (χ3n) is 12.2. The summed E-state index contributed by atoms with van der Waals surface area (Å²) in [5, 5.41) is 1.07. The smallest absolute Gasteiger partial charge is 0.320 e. The molecule has 2 atom stereocenters. The maximum atomic E-state index is 13.8. The molecular weight excluding hydrogens is 843 g/mol. The first-order valence-electron chi connectivity index (χ1n) is 24.1. The van der Waals surface area contributed by atoms with Gasteiger partial charge in [0.1, 0.15) is 11.6 Å². The molecule has 0 N–H and O–H groups in total. The number of unbranched alkanes of at least 4 members (excludes halogenated alkanes) is 2. The Kier molecular flexibility index (Phi) is 22.4. The second-order valence-electron chi connectivity index (χ2n) is 19.1. The molecule has 3 heterocycles. The Labute approximate surface area is 391 Å². The largest absolute Gasteiger partial charge is 0.465 e. The fourth-order valence-corrected chi connectivity index (χ4v) is 9.37. The number of esters is 2. The van der Waals surface area contributed by atoms with Gasteiger partial charge in [-0.15, -0.1) is 0 Å². The summed E-state index contributed by atoms with van der Waals surface area (Å²) < 4.78 is 17.5. The zero-order valence-electron chi connectivity index (χ0n) is 41.2. The van der Waals surface area contributed by atoms with Crippen LogP contribution in [-0.4, -0.2) is 185 Å². The molecule has 363 valence electrons. The van der Waals surface area contributed by atoms with E-state index in [-0.39, 0.29) is 67.0 Å². The van der Waals surface area contributed by atoms with Gasteiger partial charge in [-0.2, -0.15) is 0 Å². The fourth-order valence-electron chi connectivity index (χ4n) is 8.43. The van der Waals surface area contributed by atoms with Crippen molar-refractivity contribution in [2.45, 2.75) is 112 Å². The molecular formula is C49H80N7O8Si. The Morgan fingerprint density at radius 3 is 1.72 bits per heavy atom. The zero-order chi connectivity index (χ0) is 47.5. The molecule has 15 nitrogen and oxygen atoms in total. The highest BCUT2D eigenvalue weighted by atomic mass is 28.3. The maximum absolute atomic E-state index is 13.8. The van der Waals surface area contributed by atoms with E-state index in [1.54, 1.807) is 13.8 Å². The average molecular weight is 923 g/mol. The number of benzene rings is 1. The number of amides is 1. The molecule has 2 aromatic rings. The molecule has 2 aliphatic heterocycles. The number of pyridine rings is 1.